The molecule has 0 aliphatic rings. The van der Waals surface area contributed by atoms with Gasteiger partial charge in [0.2, 0.25) is 0 Å². The zero-order valence-corrected chi connectivity index (χ0v) is 11.3. The molecular formula is C16H13F2NO2. The maximum atomic E-state index is 13.2. The predicted molar refractivity (Wildman–Crippen MR) is 72.5 cm³/mol. The summed E-state index contributed by atoms with van der Waals surface area (Å²) in [6.45, 7) is 1.44. The Kier molecular flexibility index (Phi) is 4.51. The standard InChI is InChI=1S/C16H13F2NO2/c1-10(20)15-7-14(18)4-5-16(15)21-9-12-6-13(17)3-2-11(12)8-19/h2-7,10,20H,9H2,1H3/t10-/m1/s1. The lowest BCUT2D eigenvalue weighted by Crippen LogP contribution is -2.03. The van der Waals surface area contributed by atoms with Gasteiger partial charge in [0.25, 0.3) is 0 Å². The zero-order valence-electron chi connectivity index (χ0n) is 11.3. The third-order valence-corrected chi connectivity index (χ3v) is 2.99. The first-order chi connectivity index (χ1) is 10.0. The van der Waals surface area contributed by atoms with E-state index in [1.165, 1.54) is 43.3 Å². The number of aliphatic hydroxyl groups excluding tert-OH is 1. The monoisotopic (exact) mass is 289 g/mol. The average molecular weight is 289 g/mol. The van der Waals surface area contributed by atoms with Crippen molar-refractivity contribution in [2.45, 2.75) is 19.6 Å². The van der Waals surface area contributed by atoms with E-state index >= 15 is 0 Å². The van der Waals surface area contributed by atoms with Crippen molar-refractivity contribution in [2.24, 2.45) is 0 Å². The molecule has 2 aromatic carbocycles. The van der Waals surface area contributed by atoms with Crippen LogP contribution in [-0.4, -0.2) is 5.11 Å². The van der Waals surface area contributed by atoms with Gasteiger partial charge in [-0.3, -0.25) is 0 Å². The van der Waals surface area contributed by atoms with Crippen molar-refractivity contribution in [1.29, 1.82) is 5.26 Å². The van der Waals surface area contributed by atoms with E-state index in [9.17, 15) is 13.9 Å². The van der Waals surface area contributed by atoms with E-state index in [-0.39, 0.29) is 6.61 Å². The summed E-state index contributed by atoms with van der Waals surface area (Å²) in [5.74, 6) is -0.663. The highest BCUT2D eigenvalue weighted by molar-refractivity contribution is 5.39. The molecule has 21 heavy (non-hydrogen) atoms. The molecule has 0 aromatic heterocycles. The number of benzene rings is 2. The minimum Gasteiger partial charge on any atom is -0.488 e. The van der Waals surface area contributed by atoms with Crippen LogP contribution in [0.25, 0.3) is 0 Å². The summed E-state index contributed by atoms with van der Waals surface area (Å²) in [7, 11) is 0. The molecule has 3 nitrogen and oxygen atoms in total. The topological polar surface area (TPSA) is 53.2 Å². The molecule has 5 heteroatoms. The molecule has 0 aliphatic carbocycles. The molecule has 0 fully saturated rings. The normalized spacial score (nSPS) is 11.8. The SMILES string of the molecule is C[C@@H](O)c1cc(F)ccc1OCc1cc(F)ccc1C#N. The van der Waals surface area contributed by atoms with E-state index in [2.05, 4.69) is 0 Å². The van der Waals surface area contributed by atoms with Crippen LogP contribution in [0.4, 0.5) is 8.78 Å². The summed E-state index contributed by atoms with van der Waals surface area (Å²) in [4.78, 5) is 0. The molecule has 2 aromatic rings. The molecule has 0 spiro atoms. The van der Waals surface area contributed by atoms with Crippen molar-refractivity contribution in [1.82, 2.24) is 0 Å². The molecule has 0 amide bonds. The first-order valence-electron chi connectivity index (χ1n) is 6.30. The fourth-order valence-electron chi connectivity index (χ4n) is 1.92. The summed E-state index contributed by atoms with van der Waals surface area (Å²) in [5, 5.41) is 18.6. The van der Waals surface area contributed by atoms with Crippen LogP contribution in [-0.2, 0) is 6.61 Å². The smallest absolute Gasteiger partial charge is 0.125 e. The van der Waals surface area contributed by atoms with Crippen molar-refractivity contribution in [3.05, 3.63) is 64.7 Å². The van der Waals surface area contributed by atoms with Crippen LogP contribution >= 0.6 is 0 Å². The van der Waals surface area contributed by atoms with Crippen molar-refractivity contribution in [2.75, 3.05) is 0 Å². The molecule has 0 aliphatic heterocycles. The van der Waals surface area contributed by atoms with Crippen LogP contribution in [0, 0.1) is 23.0 Å². The van der Waals surface area contributed by atoms with Crippen LogP contribution in [0.3, 0.4) is 0 Å². The molecule has 2 rings (SSSR count). The van der Waals surface area contributed by atoms with E-state index in [4.69, 9.17) is 10.00 Å². The van der Waals surface area contributed by atoms with E-state index in [0.29, 0.717) is 22.4 Å². The molecule has 0 saturated heterocycles. The van der Waals surface area contributed by atoms with Crippen LogP contribution in [0.15, 0.2) is 36.4 Å². The van der Waals surface area contributed by atoms with E-state index in [1.54, 1.807) is 0 Å². The molecule has 1 N–H and O–H groups in total. The van der Waals surface area contributed by atoms with Crippen LogP contribution < -0.4 is 4.74 Å². The Labute approximate surface area is 121 Å². The van der Waals surface area contributed by atoms with Gasteiger partial charge >= 0.3 is 0 Å². The molecule has 0 radical (unpaired) electrons. The van der Waals surface area contributed by atoms with Gasteiger partial charge in [-0.25, -0.2) is 8.78 Å². The molecule has 1 atom stereocenters. The van der Waals surface area contributed by atoms with Gasteiger partial charge in [0, 0.05) is 11.1 Å². The van der Waals surface area contributed by atoms with Gasteiger partial charge in [0.05, 0.1) is 17.7 Å². The highest BCUT2D eigenvalue weighted by Crippen LogP contribution is 2.27. The number of ether oxygens (including phenoxy) is 1. The van der Waals surface area contributed by atoms with Gasteiger partial charge in [-0.2, -0.15) is 5.26 Å². The Bertz CT molecular complexity index is 693. The van der Waals surface area contributed by atoms with Crippen LogP contribution in [0.1, 0.15) is 29.7 Å². The van der Waals surface area contributed by atoms with Gasteiger partial charge in [-0.05, 0) is 43.3 Å². The molecule has 0 bridgehead atoms. The maximum absolute atomic E-state index is 13.2. The molecule has 0 saturated carbocycles. The predicted octanol–water partition coefficient (Wildman–Crippen LogP) is 3.47. The second-order valence-electron chi connectivity index (χ2n) is 4.56. The first kappa shape index (κ1) is 14.9. The third-order valence-electron chi connectivity index (χ3n) is 2.99. The minimum absolute atomic E-state index is 0.0496. The largest absolute Gasteiger partial charge is 0.488 e. The quantitative estimate of drug-likeness (QED) is 0.937. The van der Waals surface area contributed by atoms with E-state index < -0.39 is 17.7 Å². The number of nitriles is 1. The number of halogens is 2. The third kappa shape index (κ3) is 3.56. The molecular weight excluding hydrogens is 276 g/mol. The number of rotatable bonds is 4. The van der Waals surface area contributed by atoms with Gasteiger partial charge in [0.1, 0.15) is 24.0 Å². The van der Waals surface area contributed by atoms with E-state index in [1.807, 2.05) is 6.07 Å². The highest BCUT2D eigenvalue weighted by atomic mass is 19.1. The van der Waals surface area contributed by atoms with Gasteiger partial charge in [-0.1, -0.05) is 0 Å². The lowest BCUT2D eigenvalue weighted by Gasteiger charge is -2.14. The fourth-order valence-corrected chi connectivity index (χ4v) is 1.92. The Morgan fingerprint density at radius 1 is 1.19 bits per heavy atom. The average Bonchev–Trinajstić information content (AvgIpc) is 2.46. The second-order valence-corrected chi connectivity index (χ2v) is 4.56. The molecule has 108 valence electrons. The van der Waals surface area contributed by atoms with Gasteiger partial charge in [-0.15, -0.1) is 0 Å². The minimum atomic E-state index is -0.904. The Hall–Kier alpha value is -2.45. The number of aliphatic hydroxyl groups is 1. The van der Waals surface area contributed by atoms with Gasteiger partial charge < -0.3 is 9.84 Å². The van der Waals surface area contributed by atoms with Crippen molar-refractivity contribution in [3.8, 4) is 11.8 Å². The summed E-state index contributed by atoms with van der Waals surface area (Å²) < 4.78 is 31.9. The van der Waals surface area contributed by atoms with Crippen molar-refractivity contribution >= 4 is 0 Å². The Morgan fingerprint density at radius 2 is 1.86 bits per heavy atom. The molecule has 0 unspecified atom stereocenters. The zero-order chi connectivity index (χ0) is 15.4. The lowest BCUT2D eigenvalue weighted by atomic mass is 10.1. The van der Waals surface area contributed by atoms with Crippen molar-refractivity contribution in [3.63, 3.8) is 0 Å². The van der Waals surface area contributed by atoms with Gasteiger partial charge in [0.15, 0.2) is 0 Å². The summed E-state index contributed by atoms with van der Waals surface area (Å²) in [6.07, 6.45) is -0.904. The lowest BCUT2D eigenvalue weighted by molar-refractivity contribution is 0.189. The van der Waals surface area contributed by atoms with E-state index in [0.717, 1.165) is 0 Å². The summed E-state index contributed by atoms with van der Waals surface area (Å²) in [6, 6.07) is 9.50. The first-order valence-corrected chi connectivity index (χ1v) is 6.30. The number of hydrogen-bond donors (Lipinski definition) is 1. The van der Waals surface area contributed by atoms with Crippen LogP contribution in [0.5, 0.6) is 5.75 Å². The second kappa shape index (κ2) is 6.33. The summed E-state index contributed by atoms with van der Waals surface area (Å²) >= 11 is 0. The van der Waals surface area contributed by atoms with Crippen LogP contribution in [0.2, 0.25) is 0 Å². The van der Waals surface area contributed by atoms with Crippen molar-refractivity contribution < 1.29 is 18.6 Å². The molecule has 0 heterocycles. The summed E-state index contributed by atoms with van der Waals surface area (Å²) in [5.41, 5.74) is 0.986. The maximum Gasteiger partial charge on any atom is 0.125 e. The number of nitrogens with zero attached hydrogens (tertiary/aromatic N) is 1. The Morgan fingerprint density at radius 3 is 2.52 bits per heavy atom. The number of hydrogen-bond acceptors (Lipinski definition) is 3. The highest BCUT2D eigenvalue weighted by Gasteiger charge is 2.12. The fraction of sp³-hybridized carbons (Fsp3) is 0.188. The Balaban J connectivity index is 2.25.